The molecule has 1 saturated carbocycles. The molecule has 0 heterocycles. The van der Waals surface area contributed by atoms with Crippen molar-refractivity contribution >= 4 is 12.0 Å². The van der Waals surface area contributed by atoms with E-state index in [-0.39, 0.29) is 6.54 Å². The molecule has 0 unspecified atom stereocenters. The molecule has 1 rings (SSSR count). The summed E-state index contributed by atoms with van der Waals surface area (Å²) in [5.41, 5.74) is 0. The first-order valence-corrected chi connectivity index (χ1v) is 5.38. The second kappa shape index (κ2) is 6.32. The average molecular weight is 230 g/mol. The number of carboxylic acids is 1. The number of rotatable bonds is 7. The van der Waals surface area contributed by atoms with Crippen LogP contribution in [0.2, 0.25) is 0 Å². The zero-order valence-electron chi connectivity index (χ0n) is 9.44. The van der Waals surface area contributed by atoms with Crippen molar-refractivity contribution in [1.82, 2.24) is 10.2 Å². The molecule has 2 amide bonds. The van der Waals surface area contributed by atoms with Crippen LogP contribution >= 0.6 is 0 Å². The van der Waals surface area contributed by atoms with E-state index in [9.17, 15) is 9.59 Å². The molecule has 0 aromatic carbocycles. The van der Waals surface area contributed by atoms with E-state index >= 15 is 0 Å². The topological polar surface area (TPSA) is 78.9 Å². The van der Waals surface area contributed by atoms with Crippen molar-refractivity contribution in [3.63, 3.8) is 0 Å². The molecule has 6 nitrogen and oxygen atoms in total. The molecule has 6 heteroatoms. The third-order valence-electron chi connectivity index (χ3n) is 2.36. The number of carbonyl (C=O) groups excluding carboxylic acids is 1. The fourth-order valence-electron chi connectivity index (χ4n) is 1.12. The second-order valence-electron chi connectivity index (χ2n) is 3.99. The van der Waals surface area contributed by atoms with Crippen molar-refractivity contribution in [2.24, 2.45) is 5.92 Å². The van der Waals surface area contributed by atoms with Gasteiger partial charge in [-0.25, -0.2) is 4.79 Å². The molecule has 0 aliphatic heterocycles. The number of carboxylic acid groups (broad SMARTS) is 1. The van der Waals surface area contributed by atoms with Gasteiger partial charge in [0.2, 0.25) is 0 Å². The second-order valence-corrected chi connectivity index (χ2v) is 3.99. The Morgan fingerprint density at radius 2 is 2.19 bits per heavy atom. The van der Waals surface area contributed by atoms with Crippen LogP contribution in [0.15, 0.2) is 0 Å². The Kier molecular flexibility index (Phi) is 5.04. The average Bonchev–Trinajstić information content (AvgIpc) is 3.04. The van der Waals surface area contributed by atoms with Gasteiger partial charge in [0, 0.05) is 20.2 Å². The summed E-state index contributed by atoms with van der Waals surface area (Å²) in [5.74, 6) is -0.335. The number of hydrogen-bond donors (Lipinski definition) is 2. The molecule has 0 radical (unpaired) electrons. The maximum atomic E-state index is 11.3. The molecular weight excluding hydrogens is 212 g/mol. The van der Waals surface area contributed by atoms with Gasteiger partial charge in [-0.15, -0.1) is 0 Å². The normalized spacial score (nSPS) is 14.6. The van der Waals surface area contributed by atoms with Crippen molar-refractivity contribution in [3.8, 4) is 0 Å². The summed E-state index contributed by atoms with van der Waals surface area (Å²) < 4.78 is 5.37. The van der Waals surface area contributed by atoms with Crippen molar-refractivity contribution in [2.75, 3.05) is 33.4 Å². The Morgan fingerprint density at radius 1 is 1.50 bits per heavy atom. The smallest absolute Gasteiger partial charge is 0.323 e. The lowest BCUT2D eigenvalue weighted by atomic mass is 10.5. The highest BCUT2D eigenvalue weighted by atomic mass is 16.5. The molecule has 1 aliphatic carbocycles. The fourth-order valence-corrected chi connectivity index (χ4v) is 1.12. The van der Waals surface area contributed by atoms with E-state index < -0.39 is 12.0 Å². The van der Waals surface area contributed by atoms with Crippen LogP contribution in [0.25, 0.3) is 0 Å². The highest BCUT2D eigenvalue weighted by Crippen LogP contribution is 2.28. The van der Waals surface area contributed by atoms with Crippen LogP contribution in [-0.2, 0) is 9.53 Å². The number of hydrogen-bond acceptors (Lipinski definition) is 3. The van der Waals surface area contributed by atoms with Crippen LogP contribution in [0.3, 0.4) is 0 Å². The zero-order valence-corrected chi connectivity index (χ0v) is 9.44. The largest absolute Gasteiger partial charge is 0.480 e. The van der Waals surface area contributed by atoms with Gasteiger partial charge in [-0.1, -0.05) is 0 Å². The maximum absolute atomic E-state index is 11.3. The van der Waals surface area contributed by atoms with Crippen molar-refractivity contribution in [1.29, 1.82) is 0 Å². The van der Waals surface area contributed by atoms with E-state index in [0.717, 1.165) is 6.61 Å². The number of nitrogens with zero attached hydrogens (tertiary/aromatic N) is 1. The summed E-state index contributed by atoms with van der Waals surface area (Å²) in [7, 11) is 1.61. The van der Waals surface area contributed by atoms with Gasteiger partial charge in [0.15, 0.2) is 0 Å². The van der Waals surface area contributed by atoms with Gasteiger partial charge in [0.25, 0.3) is 0 Å². The lowest BCUT2D eigenvalue weighted by molar-refractivity contribution is -0.135. The zero-order chi connectivity index (χ0) is 12.0. The summed E-state index contributed by atoms with van der Waals surface area (Å²) in [6, 6.07) is -0.391. The Hall–Kier alpha value is -1.30. The number of urea groups is 1. The summed E-state index contributed by atoms with van der Waals surface area (Å²) in [6.45, 7) is 1.38. The van der Waals surface area contributed by atoms with Crippen LogP contribution in [0.1, 0.15) is 12.8 Å². The van der Waals surface area contributed by atoms with Gasteiger partial charge in [0.05, 0.1) is 6.61 Å². The molecule has 92 valence electrons. The predicted molar refractivity (Wildman–Crippen MR) is 57.2 cm³/mol. The number of aliphatic carboxylic acids is 1. The molecule has 0 atom stereocenters. The lowest BCUT2D eigenvalue weighted by Crippen LogP contribution is -2.41. The van der Waals surface area contributed by atoms with Crippen LogP contribution < -0.4 is 5.32 Å². The number of amides is 2. The fraction of sp³-hybridized carbons (Fsp3) is 0.800. The van der Waals surface area contributed by atoms with E-state index in [1.165, 1.54) is 17.7 Å². The van der Waals surface area contributed by atoms with Crippen LogP contribution in [-0.4, -0.2) is 55.4 Å². The number of carbonyl (C=O) groups is 2. The van der Waals surface area contributed by atoms with Gasteiger partial charge in [0.1, 0.15) is 6.54 Å². The van der Waals surface area contributed by atoms with E-state index in [0.29, 0.717) is 19.1 Å². The summed E-state index contributed by atoms with van der Waals surface area (Å²) in [4.78, 5) is 22.9. The Labute approximate surface area is 94.6 Å². The van der Waals surface area contributed by atoms with Gasteiger partial charge < -0.3 is 20.1 Å². The maximum Gasteiger partial charge on any atom is 0.323 e. The number of nitrogens with one attached hydrogen (secondary N) is 1. The monoisotopic (exact) mass is 230 g/mol. The molecule has 0 spiro atoms. The standard InChI is InChI=1S/C10H18N2O4/c1-12(10(15)11-6-9(13)14)4-5-16-7-8-2-3-8/h8H,2-7H2,1H3,(H,11,15)(H,13,14). The summed E-state index contributed by atoms with van der Waals surface area (Å²) >= 11 is 0. The van der Waals surface area contributed by atoms with Crippen LogP contribution in [0, 0.1) is 5.92 Å². The van der Waals surface area contributed by atoms with Crippen molar-refractivity contribution in [2.45, 2.75) is 12.8 Å². The molecule has 1 fully saturated rings. The van der Waals surface area contributed by atoms with Crippen LogP contribution in [0.5, 0.6) is 0 Å². The summed E-state index contributed by atoms with van der Waals surface area (Å²) in [6.07, 6.45) is 2.49. The van der Waals surface area contributed by atoms with E-state index in [1.807, 2.05) is 0 Å². The van der Waals surface area contributed by atoms with Gasteiger partial charge in [-0.2, -0.15) is 0 Å². The number of ether oxygens (including phenoxy) is 1. The first kappa shape index (κ1) is 12.8. The third kappa shape index (κ3) is 5.55. The SMILES string of the molecule is CN(CCOCC1CC1)C(=O)NCC(=O)O. The minimum Gasteiger partial charge on any atom is -0.480 e. The summed E-state index contributed by atoms with van der Waals surface area (Å²) in [5, 5.41) is 10.6. The minimum atomic E-state index is -1.05. The Morgan fingerprint density at radius 3 is 2.75 bits per heavy atom. The first-order valence-electron chi connectivity index (χ1n) is 5.38. The van der Waals surface area contributed by atoms with Crippen LogP contribution in [0.4, 0.5) is 4.79 Å². The highest BCUT2D eigenvalue weighted by molar-refractivity contribution is 5.79. The molecule has 1 aliphatic rings. The van der Waals surface area contributed by atoms with Gasteiger partial charge in [-0.05, 0) is 18.8 Å². The van der Waals surface area contributed by atoms with Crippen molar-refractivity contribution < 1.29 is 19.4 Å². The molecular formula is C10H18N2O4. The van der Waals surface area contributed by atoms with E-state index in [4.69, 9.17) is 9.84 Å². The molecule has 0 saturated heterocycles. The van der Waals surface area contributed by atoms with Gasteiger partial charge >= 0.3 is 12.0 Å². The van der Waals surface area contributed by atoms with Crippen molar-refractivity contribution in [3.05, 3.63) is 0 Å². The van der Waals surface area contributed by atoms with E-state index in [1.54, 1.807) is 7.05 Å². The number of likely N-dealkylation sites (N-methyl/N-ethyl adjacent to an activating group) is 1. The predicted octanol–water partition coefficient (Wildman–Crippen LogP) is 0.139. The Bertz CT molecular complexity index is 253. The van der Waals surface area contributed by atoms with E-state index in [2.05, 4.69) is 5.32 Å². The molecule has 0 bridgehead atoms. The molecule has 0 aromatic rings. The van der Waals surface area contributed by atoms with Gasteiger partial charge in [-0.3, -0.25) is 4.79 Å². The molecule has 0 aromatic heterocycles. The third-order valence-corrected chi connectivity index (χ3v) is 2.36. The Balaban J connectivity index is 2.00. The lowest BCUT2D eigenvalue weighted by Gasteiger charge is -2.17. The highest BCUT2D eigenvalue weighted by Gasteiger charge is 2.21. The first-order chi connectivity index (χ1) is 7.59. The quantitative estimate of drug-likeness (QED) is 0.610. The molecule has 2 N–H and O–H groups in total. The minimum absolute atomic E-state index is 0.355. The molecule has 16 heavy (non-hydrogen) atoms.